The Morgan fingerprint density at radius 3 is 2.81 bits per heavy atom. The fourth-order valence-electron chi connectivity index (χ4n) is 4.33. The first-order chi connectivity index (χ1) is 15.2. The zero-order valence-corrected chi connectivity index (χ0v) is 18.2. The molecule has 4 heterocycles. The van der Waals surface area contributed by atoms with Gasteiger partial charge in [-0.15, -0.1) is 16.4 Å². The van der Waals surface area contributed by atoms with E-state index in [-0.39, 0.29) is 5.69 Å². The van der Waals surface area contributed by atoms with Crippen LogP contribution >= 0.6 is 22.9 Å². The Bertz CT molecular complexity index is 1500. The number of rotatable bonds is 3. The van der Waals surface area contributed by atoms with Gasteiger partial charge in [0.2, 0.25) is 0 Å². The fourth-order valence-corrected chi connectivity index (χ4v) is 5.91. The SMILES string of the molecule is O=c1n(Cc2ccccc2Cl)c2sc3c(c2c2nc(-c4cccnc4)nn12)CCCC3. The zero-order valence-electron chi connectivity index (χ0n) is 16.6. The van der Waals surface area contributed by atoms with Crippen LogP contribution in [0.4, 0.5) is 0 Å². The molecular weight excluding hydrogens is 430 g/mol. The average Bonchev–Trinajstić information content (AvgIpc) is 3.40. The third kappa shape index (κ3) is 2.99. The quantitative estimate of drug-likeness (QED) is 0.400. The second-order valence-electron chi connectivity index (χ2n) is 7.76. The summed E-state index contributed by atoms with van der Waals surface area (Å²) in [5.74, 6) is 0.512. The molecule has 0 bridgehead atoms. The molecule has 8 heteroatoms. The van der Waals surface area contributed by atoms with Crippen molar-refractivity contribution in [3.05, 3.63) is 80.3 Å². The van der Waals surface area contributed by atoms with E-state index in [1.54, 1.807) is 28.3 Å². The third-order valence-corrected chi connectivity index (χ3v) is 7.53. The lowest BCUT2D eigenvalue weighted by atomic mass is 9.97. The molecule has 0 fully saturated rings. The molecule has 1 aliphatic carbocycles. The molecular formula is C23H18ClN5OS. The second kappa shape index (κ2) is 7.28. The van der Waals surface area contributed by atoms with Crippen molar-refractivity contribution in [2.45, 2.75) is 32.2 Å². The Morgan fingerprint density at radius 2 is 1.97 bits per heavy atom. The Balaban J connectivity index is 1.67. The van der Waals surface area contributed by atoms with Crippen molar-refractivity contribution >= 4 is 38.8 Å². The van der Waals surface area contributed by atoms with Crippen molar-refractivity contribution in [3.63, 3.8) is 0 Å². The van der Waals surface area contributed by atoms with Gasteiger partial charge in [-0.3, -0.25) is 9.55 Å². The topological polar surface area (TPSA) is 65.1 Å². The van der Waals surface area contributed by atoms with Gasteiger partial charge in [0.1, 0.15) is 4.83 Å². The molecule has 0 amide bonds. The highest BCUT2D eigenvalue weighted by Gasteiger charge is 2.24. The molecule has 1 aromatic carbocycles. The number of hydrogen-bond donors (Lipinski definition) is 0. The number of nitrogens with zero attached hydrogens (tertiary/aromatic N) is 5. The van der Waals surface area contributed by atoms with Gasteiger partial charge in [0.15, 0.2) is 11.5 Å². The van der Waals surface area contributed by atoms with Crippen LogP contribution in [0.5, 0.6) is 0 Å². The van der Waals surface area contributed by atoms with Crippen LogP contribution in [-0.2, 0) is 19.4 Å². The van der Waals surface area contributed by atoms with Gasteiger partial charge in [-0.1, -0.05) is 29.8 Å². The maximum atomic E-state index is 13.6. The molecule has 0 radical (unpaired) electrons. The molecule has 0 atom stereocenters. The summed E-state index contributed by atoms with van der Waals surface area (Å²) >= 11 is 8.14. The standard InChI is InChI=1S/C23H18ClN5OS/c24-17-9-3-1-6-15(17)13-28-22-19(16-8-2-4-10-18(16)31-22)21-26-20(27-29(21)23(28)30)14-7-5-11-25-12-14/h1,3,5-7,9,11-12H,2,4,8,10,13H2. The predicted octanol–water partition coefficient (Wildman–Crippen LogP) is 4.75. The van der Waals surface area contributed by atoms with E-state index in [0.717, 1.165) is 40.6 Å². The maximum absolute atomic E-state index is 13.6. The normalized spacial score (nSPS) is 13.7. The van der Waals surface area contributed by atoms with Gasteiger partial charge >= 0.3 is 5.69 Å². The lowest BCUT2D eigenvalue weighted by Crippen LogP contribution is -2.28. The smallest absolute Gasteiger partial charge is 0.278 e. The molecule has 1 aliphatic rings. The highest BCUT2D eigenvalue weighted by Crippen LogP contribution is 2.38. The van der Waals surface area contributed by atoms with E-state index < -0.39 is 0 Å². The number of fused-ring (bicyclic) bond motifs is 5. The van der Waals surface area contributed by atoms with E-state index >= 15 is 0 Å². The van der Waals surface area contributed by atoms with Gasteiger partial charge in [-0.2, -0.15) is 4.52 Å². The number of thiophene rings is 1. The van der Waals surface area contributed by atoms with Gasteiger partial charge in [0, 0.05) is 27.9 Å². The van der Waals surface area contributed by atoms with Crippen molar-refractivity contribution in [2.75, 3.05) is 0 Å². The number of pyridine rings is 1. The molecule has 0 unspecified atom stereocenters. The highest BCUT2D eigenvalue weighted by molar-refractivity contribution is 7.19. The van der Waals surface area contributed by atoms with Crippen LogP contribution < -0.4 is 5.69 Å². The molecule has 0 spiro atoms. The maximum Gasteiger partial charge on any atom is 0.352 e. The van der Waals surface area contributed by atoms with Crippen LogP contribution in [0.15, 0.2) is 53.6 Å². The van der Waals surface area contributed by atoms with E-state index in [0.29, 0.717) is 23.0 Å². The number of aromatic nitrogens is 5. The summed E-state index contributed by atoms with van der Waals surface area (Å²) in [6.07, 6.45) is 7.81. The number of benzene rings is 1. The van der Waals surface area contributed by atoms with Gasteiger partial charge in [0.05, 0.1) is 11.9 Å². The Labute approximate surface area is 186 Å². The Morgan fingerprint density at radius 1 is 1.10 bits per heavy atom. The summed E-state index contributed by atoms with van der Waals surface area (Å²) in [5.41, 5.74) is 3.44. The minimum atomic E-state index is -0.205. The summed E-state index contributed by atoms with van der Waals surface area (Å²) in [7, 11) is 0. The van der Waals surface area contributed by atoms with Gasteiger partial charge in [0.25, 0.3) is 0 Å². The van der Waals surface area contributed by atoms with Crippen molar-refractivity contribution in [3.8, 4) is 11.4 Å². The Kier molecular flexibility index (Phi) is 4.40. The average molecular weight is 448 g/mol. The number of halogens is 1. The molecule has 154 valence electrons. The van der Waals surface area contributed by atoms with Crippen LogP contribution in [0, 0.1) is 0 Å². The van der Waals surface area contributed by atoms with Crippen LogP contribution in [0.3, 0.4) is 0 Å². The summed E-state index contributed by atoms with van der Waals surface area (Å²) in [6.45, 7) is 0.395. The summed E-state index contributed by atoms with van der Waals surface area (Å²) < 4.78 is 3.25. The van der Waals surface area contributed by atoms with Crippen LogP contribution in [0.25, 0.3) is 27.3 Å². The molecule has 4 aromatic heterocycles. The third-order valence-electron chi connectivity index (χ3n) is 5.85. The van der Waals surface area contributed by atoms with Gasteiger partial charge in [-0.05, 0) is 55.0 Å². The van der Waals surface area contributed by atoms with Crippen molar-refractivity contribution < 1.29 is 0 Å². The minimum Gasteiger partial charge on any atom is -0.278 e. The highest BCUT2D eigenvalue weighted by atomic mass is 35.5. The van der Waals surface area contributed by atoms with Crippen molar-refractivity contribution in [1.82, 2.24) is 24.1 Å². The molecule has 6 nitrogen and oxygen atoms in total. The van der Waals surface area contributed by atoms with Crippen LogP contribution in [-0.4, -0.2) is 24.1 Å². The lowest BCUT2D eigenvalue weighted by Gasteiger charge is -2.11. The van der Waals surface area contributed by atoms with Crippen LogP contribution in [0.1, 0.15) is 28.8 Å². The van der Waals surface area contributed by atoms with Gasteiger partial charge in [-0.25, -0.2) is 9.78 Å². The summed E-state index contributed by atoms with van der Waals surface area (Å²) in [6, 6.07) is 11.4. The molecule has 0 N–H and O–H groups in total. The van der Waals surface area contributed by atoms with Crippen molar-refractivity contribution in [2.24, 2.45) is 0 Å². The molecule has 5 aromatic rings. The summed E-state index contributed by atoms with van der Waals surface area (Å²) in [4.78, 5) is 24.9. The van der Waals surface area contributed by atoms with E-state index in [2.05, 4.69) is 10.1 Å². The Hall–Kier alpha value is -3.03. The minimum absolute atomic E-state index is 0.205. The second-order valence-corrected chi connectivity index (χ2v) is 9.25. The summed E-state index contributed by atoms with van der Waals surface area (Å²) in [5, 5.41) is 6.29. The first-order valence-electron chi connectivity index (χ1n) is 10.3. The number of hydrogen-bond acceptors (Lipinski definition) is 5. The van der Waals surface area contributed by atoms with E-state index in [1.165, 1.54) is 21.4 Å². The number of aryl methyl sites for hydroxylation is 2. The lowest BCUT2D eigenvalue weighted by molar-refractivity contribution is 0.698. The monoisotopic (exact) mass is 447 g/mol. The van der Waals surface area contributed by atoms with E-state index in [9.17, 15) is 4.79 Å². The predicted molar refractivity (Wildman–Crippen MR) is 123 cm³/mol. The van der Waals surface area contributed by atoms with Gasteiger partial charge < -0.3 is 0 Å². The van der Waals surface area contributed by atoms with Crippen LogP contribution in [0.2, 0.25) is 5.02 Å². The molecule has 0 saturated heterocycles. The first kappa shape index (κ1) is 18.7. The fraction of sp³-hybridized carbons (Fsp3) is 0.217. The first-order valence-corrected chi connectivity index (χ1v) is 11.5. The molecule has 31 heavy (non-hydrogen) atoms. The molecule has 0 aliphatic heterocycles. The zero-order chi connectivity index (χ0) is 20.9. The van der Waals surface area contributed by atoms with Crippen molar-refractivity contribution in [1.29, 1.82) is 0 Å². The van der Waals surface area contributed by atoms with E-state index in [1.807, 2.05) is 36.4 Å². The van der Waals surface area contributed by atoms with E-state index in [4.69, 9.17) is 16.6 Å². The largest absolute Gasteiger partial charge is 0.352 e. The molecule has 6 rings (SSSR count). The molecule has 0 saturated carbocycles.